The van der Waals surface area contributed by atoms with E-state index in [1.807, 2.05) is 0 Å². The summed E-state index contributed by atoms with van der Waals surface area (Å²) in [6, 6.07) is 58.1. The van der Waals surface area contributed by atoms with Crippen molar-refractivity contribution in [2.24, 2.45) is 9.98 Å². The molecule has 5 heteroatoms. The van der Waals surface area contributed by atoms with Gasteiger partial charge in [-0.1, -0.05) is 140 Å². The topological polar surface area (TPSA) is 63.4 Å². The number of aryl methyl sites for hydroxylation is 1. The van der Waals surface area contributed by atoms with Crippen molar-refractivity contribution in [2.45, 2.75) is 20.3 Å². The van der Waals surface area contributed by atoms with Gasteiger partial charge in [0.1, 0.15) is 11.4 Å². The molecule has 0 amide bonds. The van der Waals surface area contributed by atoms with Crippen LogP contribution in [0.2, 0.25) is 0 Å². The molecule has 5 nitrogen and oxygen atoms in total. The van der Waals surface area contributed by atoms with Crippen molar-refractivity contribution in [3.05, 3.63) is 207 Å². The number of rotatable bonds is 5. The molecule has 0 atom stereocenters. The minimum atomic E-state index is 0.782. The molecule has 1 aliphatic carbocycles. The molecule has 59 heavy (non-hydrogen) atoms. The van der Waals surface area contributed by atoms with Crippen LogP contribution < -0.4 is 10.7 Å². The molecule has 0 spiro atoms. The second-order valence-electron chi connectivity index (χ2n) is 15.7. The van der Waals surface area contributed by atoms with Gasteiger partial charge in [0, 0.05) is 43.8 Å². The molecule has 2 aliphatic heterocycles. The molecule has 3 heterocycles. The lowest BCUT2D eigenvalue weighted by Gasteiger charge is -2.22. The fourth-order valence-corrected chi connectivity index (χ4v) is 9.69. The molecule has 12 rings (SSSR count). The van der Waals surface area contributed by atoms with E-state index < -0.39 is 0 Å². The molecule has 0 N–H and O–H groups in total. The Morgan fingerprint density at radius 1 is 0.424 bits per heavy atom. The SMILES string of the molecule is Cc1cc2c(c(-c3nnnc(-c4ccccc4-c4c(-c5ccccc5)ccc5c4-c4c6c(ccc4=N5)=c4ccccc4=N6)c3-c3ccccc3)c1C)Cc1ccccc1-2. The predicted molar refractivity (Wildman–Crippen MR) is 236 cm³/mol. The molecular formula is C54H35N5. The largest absolute Gasteiger partial charge is 0.248 e. The van der Waals surface area contributed by atoms with Crippen LogP contribution in [0.3, 0.4) is 0 Å². The first-order valence-corrected chi connectivity index (χ1v) is 20.2. The highest BCUT2D eigenvalue weighted by atomic mass is 15.3. The maximum atomic E-state index is 5.27. The summed E-state index contributed by atoms with van der Waals surface area (Å²) in [7, 11) is 0. The zero-order valence-electron chi connectivity index (χ0n) is 32.5. The van der Waals surface area contributed by atoms with Gasteiger partial charge in [0.15, 0.2) is 0 Å². The zero-order chi connectivity index (χ0) is 39.2. The van der Waals surface area contributed by atoms with E-state index in [-0.39, 0.29) is 0 Å². The first-order valence-electron chi connectivity index (χ1n) is 20.2. The third-order valence-electron chi connectivity index (χ3n) is 12.5. The summed E-state index contributed by atoms with van der Waals surface area (Å²) in [5.41, 5.74) is 21.8. The Balaban J connectivity index is 1.17. The van der Waals surface area contributed by atoms with Crippen molar-refractivity contribution in [1.82, 2.24) is 15.4 Å². The molecule has 0 bridgehead atoms. The van der Waals surface area contributed by atoms with E-state index >= 15 is 0 Å². The number of para-hydroxylation sites is 1. The molecule has 3 aliphatic rings. The first-order chi connectivity index (χ1) is 29.1. The third-order valence-corrected chi connectivity index (χ3v) is 12.5. The van der Waals surface area contributed by atoms with E-state index in [1.165, 1.54) is 33.4 Å². The fourth-order valence-electron chi connectivity index (χ4n) is 9.69. The number of aromatic nitrogens is 3. The molecule has 0 unspecified atom stereocenters. The monoisotopic (exact) mass is 753 g/mol. The van der Waals surface area contributed by atoms with Crippen molar-refractivity contribution in [2.75, 3.05) is 0 Å². The molecule has 0 saturated carbocycles. The lowest BCUT2D eigenvalue weighted by atomic mass is 9.82. The van der Waals surface area contributed by atoms with E-state index in [9.17, 15) is 0 Å². The minimum absolute atomic E-state index is 0.782. The minimum Gasteiger partial charge on any atom is -0.248 e. The molecular weight excluding hydrogens is 719 g/mol. The van der Waals surface area contributed by atoms with Crippen LogP contribution in [-0.2, 0) is 6.42 Å². The smallest absolute Gasteiger partial charge is 0.105 e. The summed E-state index contributed by atoms with van der Waals surface area (Å²) in [5.74, 6) is 0. The molecule has 0 fully saturated rings. The number of nitrogens with zero attached hydrogens (tertiary/aromatic N) is 5. The number of benzene rings is 8. The van der Waals surface area contributed by atoms with Gasteiger partial charge in [0.2, 0.25) is 0 Å². The Hall–Kier alpha value is -7.63. The maximum Gasteiger partial charge on any atom is 0.105 e. The average Bonchev–Trinajstić information content (AvgIpc) is 3.98. The fraction of sp³-hybridized carbons (Fsp3) is 0.0556. The van der Waals surface area contributed by atoms with E-state index in [0.717, 1.165) is 106 Å². The van der Waals surface area contributed by atoms with Crippen LogP contribution in [0.4, 0.5) is 11.4 Å². The van der Waals surface area contributed by atoms with Crippen molar-refractivity contribution in [1.29, 1.82) is 0 Å². The number of fused-ring (bicyclic) bond motifs is 9. The maximum absolute atomic E-state index is 5.27. The molecule has 1 aromatic heterocycles. The Bertz CT molecular complexity index is 3480. The zero-order valence-corrected chi connectivity index (χ0v) is 32.5. The Morgan fingerprint density at radius 2 is 1.12 bits per heavy atom. The Kier molecular flexibility index (Phi) is 7.35. The summed E-state index contributed by atoms with van der Waals surface area (Å²) in [6.07, 6.45) is 0.838. The highest BCUT2D eigenvalue weighted by molar-refractivity contribution is 6.07. The summed E-state index contributed by atoms with van der Waals surface area (Å²) >= 11 is 0. The van der Waals surface area contributed by atoms with Gasteiger partial charge in [-0.15, -0.1) is 10.2 Å². The molecule has 0 radical (unpaired) electrons. The van der Waals surface area contributed by atoms with E-state index in [0.29, 0.717) is 0 Å². The first kappa shape index (κ1) is 33.5. The lowest BCUT2D eigenvalue weighted by Crippen LogP contribution is -2.05. The lowest BCUT2D eigenvalue weighted by molar-refractivity contribution is 0.877. The van der Waals surface area contributed by atoms with E-state index in [1.54, 1.807) is 0 Å². The van der Waals surface area contributed by atoms with Crippen LogP contribution >= 0.6 is 0 Å². The highest BCUT2D eigenvalue weighted by Crippen LogP contribution is 2.53. The van der Waals surface area contributed by atoms with Crippen LogP contribution in [0.25, 0.3) is 78.1 Å². The average molecular weight is 754 g/mol. The van der Waals surface area contributed by atoms with Gasteiger partial charge >= 0.3 is 0 Å². The Morgan fingerprint density at radius 3 is 1.95 bits per heavy atom. The van der Waals surface area contributed by atoms with Gasteiger partial charge in [0.05, 0.1) is 22.1 Å². The second kappa shape index (κ2) is 12.9. The van der Waals surface area contributed by atoms with Crippen molar-refractivity contribution >= 4 is 11.4 Å². The number of hydrogen-bond donors (Lipinski definition) is 0. The molecule has 9 aromatic rings. The van der Waals surface area contributed by atoms with Crippen LogP contribution in [0.5, 0.6) is 0 Å². The van der Waals surface area contributed by atoms with Gasteiger partial charge in [-0.05, 0) is 105 Å². The molecule has 8 aromatic carbocycles. The summed E-state index contributed by atoms with van der Waals surface area (Å²) in [6.45, 7) is 4.43. The van der Waals surface area contributed by atoms with Gasteiger partial charge < -0.3 is 0 Å². The number of hydrogen-bond acceptors (Lipinski definition) is 5. The molecule has 0 saturated heterocycles. The van der Waals surface area contributed by atoms with Crippen LogP contribution in [0.1, 0.15) is 22.3 Å². The van der Waals surface area contributed by atoms with Crippen LogP contribution in [0.15, 0.2) is 174 Å². The van der Waals surface area contributed by atoms with Gasteiger partial charge in [0.25, 0.3) is 0 Å². The normalized spacial score (nSPS) is 12.4. The second-order valence-corrected chi connectivity index (χ2v) is 15.7. The predicted octanol–water partition coefficient (Wildman–Crippen LogP) is 11.9. The summed E-state index contributed by atoms with van der Waals surface area (Å²) < 4.78 is 0. The molecule has 276 valence electrons. The van der Waals surface area contributed by atoms with Crippen LogP contribution in [-0.4, -0.2) is 15.4 Å². The Labute approximate surface area is 341 Å². The van der Waals surface area contributed by atoms with Crippen molar-refractivity contribution < 1.29 is 0 Å². The van der Waals surface area contributed by atoms with Crippen molar-refractivity contribution in [3.63, 3.8) is 0 Å². The summed E-state index contributed by atoms with van der Waals surface area (Å²) in [5, 5.41) is 18.8. The van der Waals surface area contributed by atoms with Gasteiger partial charge in [-0.3, -0.25) is 0 Å². The van der Waals surface area contributed by atoms with Gasteiger partial charge in [-0.25, -0.2) is 9.98 Å². The standard InChI is InChI=1S/C54H35N5/c1-31-29-42-36-20-10-9-19-35(36)30-43(42)47(32(31)2)54-48(34-17-7-4-8-18-34)53(57-59-58-54)40-23-12-11-22-39(40)49-37(33-15-5-3-6-16-33)25-27-45-50(49)51-46(55-45)28-26-41-38-21-13-14-24-44(38)56-52(41)51/h3-29H,30H2,1-2H3. The summed E-state index contributed by atoms with van der Waals surface area (Å²) in [4.78, 5) is 10.5. The van der Waals surface area contributed by atoms with E-state index in [2.05, 4.69) is 183 Å². The van der Waals surface area contributed by atoms with Crippen LogP contribution in [0, 0.1) is 24.3 Å². The highest BCUT2D eigenvalue weighted by Gasteiger charge is 2.31. The third kappa shape index (κ3) is 5.01. The quantitative estimate of drug-likeness (QED) is 0.176. The van der Waals surface area contributed by atoms with Crippen molar-refractivity contribution in [3.8, 4) is 78.1 Å². The van der Waals surface area contributed by atoms with E-state index in [4.69, 9.17) is 20.2 Å². The van der Waals surface area contributed by atoms with Gasteiger partial charge in [-0.2, -0.15) is 0 Å².